The van der Waals surface area contributed by atoms with Crippen molar-refractivity contribution in [3.8, 4) is 0 Å². The van der Waals surface area contributed by atoms with Gasteiger partial charge in [-0.3, -0.25) is 4.79 Å². The first-order chi connectivity index (χ1) is 10.1. The van der Waals surface area contributed by atoms with Crippen LogP contribution in [0.5, 0.6) is 0 Å². The van der Waals surface area contributed by atoms with E-state index in [4.69, 9.17) is 4.74 Å². The van der Waals surface area contributed by atoms with Gasteiger partial charge in [0.05, 0.1) is 7.11 Å². The van der Waals surface area contributed by atoms with Crippen LogP contribution in [0.4, 0.5) is 0 Å². The Balaban J connectivity index is 2.12. The maximum absolute atomic E-state index is 12.2. The minimum atomic E-state index is -0.709. The molecule has 1 N–H and O–H groups in total. The van der Waals surface area contributed by atoms with Crippen molar-refractivity contribution in [1.82, 2.24) is 5.32 Å². The summed E-state index contributed by atoms with van der Waals surface area (Å²) >= 11 is 4.63. The Labute approximate surface area is 135 Å². The summed E-state index contributed by atoms with van der Waals surface area (Å²) in [6, 6.07) is 10.6. The van der Waals surface area contributed by atoms with Crippen molar-refractivity contribution in [1.29, 1.82) is 0 Å². The molecule has 0 fully saturated rings. The molecule has 1 aromatic heterocycles. The van der Waals surface area contributed by atoms with E-state index < -0.39 is 12.0 Å². The molecule has 21 heavy (non-hydrogen) atoms. The molecule has 2 aromatic rings. The van der Waals surface area contributed by atoms with Gasteiger partial charge >= 0.3 is 5.97 Å². The number of rotatable bonds is 5. The number of amides is 1. The Morgan fingerprint density at radius 3 is 2.57 bits per heavy atom. The number of esters is 1. The molecular weight excluding hydrogens is 354 g/mol. The lowest BCUT2D eigenvalue weighted by Gasteiger charge is -2.16. The van der Waals surface area contributed by atoms with Crippen LogP contribution in [0.3, 0.4) is 0 Å². The van der Waals surface area contributed by atoms with Crippen LogP contribution >= 0.6 is 27.3 Å². The van der Waals surface area contributed by atoms with Gasteiger partial charge in [-0.1, -0.05) is 30.3 Å². The van der Waals surface area contributed by atoms with Gasteiger partial charge in [0.1, 0.15) is 10.9 Å². The first kappa shape index (κ1) is 15.7. The van der Waals surface area contributed by atoms with Crippen molar-refractivity contribution in [3.63, 3.8) is 0 Å². The highest BCUT2D eigenvalue weighted by atomic mass is 79.9. The SMILES string of the molecule is COC(=O)C(Cc1ccccc1)NC(=O)c1sccc1Br. The molecular formula is C15H14BrNO3S. The van der Waals surface area contributed by atoms with E-state index in [0.29, 0.717) is 15.8 Å². The van der Waals surface area contributed by atoms with Crippen LogP contribution in [-0.4, -0.2) is 25.0 Å². The standard InChI is InChI=1S/C15H14BrNO3S/c1-20-15(19)12(9-10-5-3-2-4-6-10)17-14(18)13-11(16)7-8-21-13/h2-8,12H,9H2,1H3,(H,17,18). The van der Waals surface area contributed by atoms with Gasteiger partial charge in [0, 0.05) is 10.9 Å². The van der Waals surface area contributed by atoms with Crippen molar-refractivity contribution in [2.75, 3.05) is 7.11 Å². The Hall–Kier alpha value is -1.66. The van der Waals surface area contributed by atoms with Crippen molar-refractivity contribution < 1.29 is 14.3 Å². The van der Waals surface area contributed by atoms with Gasteiger partial charge in [0.2, 0.25) is 0 Å². The molecule has 1 heterocycles. The third kappa shape index (κ3) is 4.15. The topological polar surface area (TPSA) is 55.4 Å². The summed E-state index contributed by atoms with van der Waals surface area (Å²) < 4.78 is 5.49. The minimum absolute atomic E-state index is 0.289. The fourth-order valence-corrected chi connectivity index (χ4v) is 3.32. The Morgan fingerprint density at radius 1 is 1.29 bits per heavy atom. The smallest absolute Gasteiger partial charge is 0.328 e. The molecule has 0 radical (unpaired) electrons. The van der Waals surface area contributed by atoms with Crippen molar-refractivity contribution >= 4 is 39.1 Å². The van der Waals surface area contributed by atoms with E-state index in [1.165, 1.54) is 18.4 Å². The monoisotopic (exact) mass is 367 g/mol. The van der Waals surface area contributed by atoms with Crippen molar-refractivity contribution in [3.05, 3.63) is 56.7 Å². The van der Waals surface area contributed by atoms with Crippen LogP contribution in [0.2, 0.25) is 0 Å². The average Bonchev–Trinajstić information content (AvgIpc) is 2.93. The highest BCUT2D eigenvalue weighted by molar-refractivity contribution is 9.10. The van der Waals surface area contributed by atoms with E-state index in [1.807, 2.05) is 35.7 Å². The van der Waals surface area contributed by atoms with E-state index in [0.717, 1.165) is 5.56 Å². The number of thiophene rings is 1. The van der Waals surface area contributed by atoms with E-state index in [-0.39, 0.29) is 5.91 Å². The second-order valence-electron chi connectivity index (χ2n) is 4.34. The zero-order chi connectivity index (χ0) is 15.2. The Kier molecular flexibility index (Phi) is 5.52. The molecule has 2 rings (SSSR count). The number of hydrogen-bond donors (Lipinski definition) is 1. The molecule has 0 aliphatic heterocycles. The third-order valence-electron chi connectivity index (χ3n) is 2.90. The van der Waals surface area contributed by atoms with Crippen LogP contribution in [0, 0.1) is 0 Å². The van der Waals surface area contributed by atoms with Gasteiger partial charge in [0.25, 0.3) is 5.91 Å². The first-order valence-electron chi connectivity index (χ1n) is 6.27. The van der Waals surface area contributed by atoms with E-state index >= 15 is 0 Å². The lowest BCUT2D eigenvalue weighted by atomic mass is 10.1. The maximum atomic E-state index is 12.2. The molecule has 1 unspecified atom stereocenters. The fourth-order valence-electron chi connectivity index (χ4n) is 1.86. The van der Waals surface area contributed by atoms with E-state index in [9.17, 15) is 9.59 Å². The molecule has 1 atom stereocenters. The molecule has 0 aliphatic rings. The summed E-state index contributed by atoms with van der Waals surface area (Å²) in [6.45, 7) is 0. The number of hydrogen-bond acceptors (Lipinski definition) is 4. The summed E-state index contributed by atoms with van der Waals surface area (Å²) in [4.78, 5) is 24.6. The molecule has 110 valence electrons. The van der Waals surface area contributed by atoms with Crippen molar-refractivity contribution in [2.45, 2.75) is 12.5 Å². The second-order valence-corrected chi connectivity index (χ2v) is 6.11. The molecule has 1 amide bonds. The molecule has 1 aromatic carbocycles. The molecule has 0 spiro atoms. The van der Waals surface area contributed by atoms with E-state index in [2.05, 4.69) is 21.2 Å². The van der Waals surface area contributed by atoms with Gasteiger partial charge in [-0.25, -0.2) is 4.79 Å². The third-order valence-corrected chi connectivity index (χ3v) is 4.73. The number of carbonyl (C=O) groups is 2. The van der Waals surface area contributed by atoms with Crippen LogP contribution in [0.25, 0.3) is 0 Å². The van der Waals surface area contributed by atoms with Gasteiger partial charge in [0.15, 0.2) is 0 Å². The number of ether oxygens (including phenoxy) is 1. The fraction of sp³-hybridized carbons (Fsp3) is 0.200. The lowest BCUT2D eigenvalue weighted by molar-refractivity contribution is -0.142. The van der Waals surface area contributed by atoms with Crippen LogP contribution < -0.4 is 5.32 Å². The van der Waals surface area contributed by atoms with Gasteiger partial charge < -0.3 is 10.1 Å². The van der Waals surface area contributed by atoms with Crippen LogP contribution in [0.15, 0.2) is 46.3 Å². The molecule has 4 nitrogen and oxygen atoms in total. The van der Waals surface area contributed by atoms with Crippen LogP contribution in [-0.2, 0) is 16.0 Å². The number of halogens is 1. The molecule has 6 heteroatoms. The number of methoxy groups -OCH3 is 1. The zero-order valence-corrected chi connectivity index (χ0v) is 13.7. The summed E-state index contributed by atoms with van der Waals surface area (Å²) in [6.07, 6.45) is 0.391. The molecule has 0 bridgehead atoms. The predicted octanol–water partition coefficient (Wildman–Crippen LogP) is 3.02. The highest BCUT2D eigenvalue weighted by Gasteiger charge is 2.23. The number of carbonyl (C=O) groups excluding carboxylic acids is 2. The predicted molar refractivity (Wildman–Crippen MR) is 85.4 cm³/mol. The lowest BCUT2D eigenvalue weighted by Crippen LogP contribution is -2.42. The molecule has 0 saturated heterocycles. The molecule has 0 aliphatic carbocycles. The largest absolute Gasteiger partial charge is 0.467 e. The quantitative estimate of drug-likeness (QED) is 0.826. The average molecular weight is 368 g/mol. The number of nitrogens with one attached hydrogen (secondary N) is 1. The van der Waals surface area contributed by atoms with Gasteiger partial charge in [-0.2, -0.15) is 0 Å². The van der Waals surface area contributed by atoms with Crippen LogP contribution in [0.1, 0.15) is 15.2 Å². The summed E-state index contributed by atoms with van der Waals surface area (Å²) in [5, 5.41) is 4.54. The molecule has 0 saturated carbocycles. The summed E-state index contributed by atoms with van der Waals surface area (Å²) in [5.74, 6) is -0.747. The zero-order valence-electron chi connectivity index (χ0n) is 11.3. The second kappa shape index (κ2) is 7.38. The summed E-state index contributed by atoms with van der Waals surface area (Å²) in [7, 11) is 1.31. The summed E-state index contributed by atoms with van der Waals surface area (Å²) in [5.41, 5.74) is 0.957. The Morgan fingerprint density at radius 2 is 2.00 bits per heavy atom. The minimum Gasteiger partial charge on any atom is -0.467 e. The number of benzene rings is 1. The first-order valence-corrected chi connectivity index (χ1v) is 7.94. The Bertz CT molecular complexity index is 627. The van der Waals surface area contributed by atoms with Gasteiger partial charge in [-0.15, -0.1) is 11.3 Å². The van der Waals surface area contributed by atoms with Crippen molar-refractivity contribution in [2.24, 2.45) is 0 Å². The maximum Gasteiger partial charge on any atom is 0.328 e. The highest BCUT2D eigenvalue weighted by Crippen LogP contribution is 2.22. The van der Waals surface area contributed by atoms with E-state index in [1.54, 1.807) is 6.07 Å². The normalized spacial score (nSPS) is 11.7. The van der Waals surface area contributed by atoms with Gasteiger partial charge in [-0.05, 0) is 32.9 Å².